The third-order valence-corrected chi connectivity index (χ3v) is 2.46. The molecule has 0 unspecified atom stereocenters. The van der Waals surface area contributed by atoms with Crippen LogP contribution in [0.1, 0.15) is 6.42 Å². The Morgan fingerprint density at radius 2 is 2.27 bits per heavy atom. The van der Waals surface area contributed by atoms with E-state index in [0.717, 1.165) is 0 Å². The van der Waals surface area contributed by atoms with Crippen LogP contribution in [-0.4, -0.2) is 19.5 Å². The normalized spacial score (nSPS) is 10.1. The maximum Gasteiger partial charge on any atom is 0.225 e. The average Bonchev–Trinajstić information content (AvgIpc) is 2.19. The van der Waals surface area contributed by atoms with Gasteiger partial charge in [0.05, 0.1) is 5.69 Å². The van der Waals surface area contributed by atoms with Crippen LogP contribution in [0.3, 0.4) is 0 Å². The van der Waals surface area contributed by atoms with E-state index in [1.807, 2.05) is 0 Å². The van der Waals surface area contributed by atoms with E-state index in [-0.39, 0.29) is 11.7 Å². The van der Waals surface area contributed by atoms with Crippen molar-refractivity contribution >= 4 is 27.5 Å². The van der Waals surface area contributed by atoms with Crippen LogP contribution in [0.2, 0.25) is 0 Å². The molecular weight excluding hydrogens is 263 g/mol. The van der Waals surface area contributed by atoms with Gasteiger partial charge in [-0.25, -0.2) is 4.39 Å². The molecule has 15 heavy (non-hydrogen) atoms. The second-order valence-electron chi connectivity index (χ2n) is 3.03. The molecule has 0 heterocycles. The van der Waals surface area contributed by atoms with Gasteiger partial charge in [-0.15, -0.1) is 0 Å². The van der Waals surface area contributed by atoms with Crippen molar-refractivity contribution < 1.29 is 9.18 Å². The van der Waals surface area contributed by atoms with Gasteiger partial charge in [0.2, 0.25) is 5.91 Å². The number of rotatable bonds is 4. The summed E-state index contributed by atoms with van der Waals surface area (Å²) in [6.45, 7) is 0.616. The Kier molecular flexibility index (Phi) is 4.71. The summed E-state index contributed by atoms with van der Waals surface area (Å²) in [5.74, 6) is -0.438. The average molecular weight is 275 g/mol. The zero-order chi connectivity index (χ0) is 11.3. The zero-order valence-corrected chi connectivity index (χ0v) is 9.90. The van der Waals surface area contributed by atoms with E-state index in [1.54, 1.807) is 7.05 Å². The van der Waals surface area contributed by atoms with Crippen molar-refractivity contribution in [2.45, 2.75) is 6.42 Å². The van der Waals surface area contributed by atoms with Crippen molar-refractivity contribution in [3.8, 4) is 0 Å². The molecule has 5 heteroatoms. The van der Waals surface area contributed by atoms with Crippen LogP contribution < -0.4 is 10.6 Å². The van der Waals surface area contributed by atoms with Gasteiger partial charge in [0, 0.05) is 17.4 Å². The lowest BCUT2D eigenvalue weighted by atomic mass is 10.3. The molecule has 1 rings (SSSR count). The van der Waals surface area contributed by atoms with E-state index in [0.29, 0.717) is 23.1 Å². The summed E-state index contributed by atoms with van der Waals surface area (Å²) in [5.41, 5.74) is 0.581. The first-order valence-electron chi connectivity index (χ1n) is 4.53. The van der Waals surface area contributed by atoms with Crippen LogP contribution in [0, 0.1) is 5.82 Å². The summed E-state index contributed by atoms with van der Waals surface area (Å²) in [4.78, 5) is 11.3. The predicted molar refractivity (Wildman–Crippen MR) is 61.3 cm³/mol. The second-order valence-corrected chi connectivity index (χ2v) is 3.88. The minimum Gasteiger partial charge on any atom is -0.325 e. The first-order valence-corrected chi connectivity index (χ1v) is 5.32. The monoisotopic (exact) mass is 274 g/mol. The van der Waals surface area contributed by atoms with Crippen molar-refractivity contribution in [3.63, 3.8) is 0 Å². The topological polar surface area (TPSA) is 41.1 Å². The number of hydrogen-bond acceptors (Lipinski definition) is 2. The fraction of sp³-hybridized carbons (Fsp3) is 0.300. The number of carbonyl (C=O) groups is 1. The lowest BCUT2D eigenvalue weighted by Crippen LogP contribution is -2.18. The maximum atomic E-state index is 12.7. The molecule has 0 saturated carbocycles. The standard InChI is InChI=1S/C10H12BrFN2O/c1-13-5-4-10(15)14-9-3-2-7(12)6-8(9)11/h2-3,6,13H,4-5H2,1H3,(H,14,15). The van der Waals surface area contributed by atoms with Crippen molar-refractivity contribution in [3.05, 3.63) is 28.5 Å². The van der Waals surface area contributed by atoms with Gasteiger partial charge in [0.15, 0.2) is 0 Å². The maximum absolute atomic E-state index is 12.7. The predicted octanol–water partition coefficient (Wildman–Crippen LogP) is 2.14. The van der Waals surface area contributed by atoms with Crippen LogP contribution in [0.5, 0.6) is 0 Å². The molecule has 0 aliphatic carbocycles. The van der Waals surface area contributed by atoms with Crippen LogP contribution in [0.15, 0.2) is 22.7 Å². The fourth-order valence-electron chi connectivity index (χ4n) is 1.04. The van der Waals surface area contributed by atoms with E-state index in [1.165, 1.54) is 18.2 Å². The minimum atomic E-state index is -0.338. The fourth-order valence-corrected chi connectivity index (χ4v) is 1.49. The molecule has 0 atom stereocenters. The van der Waals surface area contributed by atoms with Gasteiger partial charge in [-0.05, 0) is 41.2 Å². The summed E-state index contributed by atoms with van der Waals surface area (Å²) in [6, 6.07) is 4.14. The molecule has 0 spiro atoms. The lowest BCUT2D eigenvalue weighted by molar-refractivity contribution is -0.116. The number of nitrogens with one attached hydrogen (secondary N) is 2. The second kappa shape index (κ2) is 5.82. The number of hydrogen-bond donors (Lipinski definition) is 2. The van der Waals surface area contributed by atoms with E-state index < -0.39 is 0 Å². The molecule has 0 fully saturated rings. The summed E-state index contributed by atoms with van der Waals surface area (Å²) < 4.78 is 13.3. The molecule has 1 amide bonds. The first kappa shape index (κ1) is 12.1. The Morgan fingerprint density at radius 1 is 1.53 bits per heavy atom. The molecule has 0 aliphatic heterocycles. The van der Waals surface area contributed by atoms with E-state index in [4.69, 9.17) is 0 Å². The highest BCUT2D eigenvalue weighted by atomic mass is 79.9. The summed E-state index contributed by atoms with van der Waals surface area (Å²) >= 11 is 3.17. The van der Waals surface area contributed by atoms with Crippen molar-refractivity contribution in [1.29, 1.82) is 0 Å². The smallest absolute Gasteiger partial charge is 0.225 e. The van der Waals surface area contributed by atoms with E-state index in [2.05, 4.69) is 26.6 Å². The molecular formula is C10H12BrFN2O. The largest absolute Gasteiger partial charge is 0.325 e. The molecule has 1 aromatic carbocycles. The molecule has 0 bridgehead atoms. The molecule has 82 valence electrons. The quantitative estimate of drug-likeness (QED) is 0.883. The number of benzene rings is 1. The van der Waals surface area contributed by atoms with Crippen LogP contribution in [0.25, 0.3) is 0 Å². The third kappa shape index (κ3) is 3.97. The number of amides is 1. The first-order chi connectivity index (χ1) is 7.13. The number of halogens is 2. The molecule has 2 N–H and O–H groups in total. The molecule has 0 radical (unpaired) electrons. The summed E-state index contributed by atoms with van der Waals surface area (Å²) in [5, 5.41) is 5.56. The molecule has 1 aromatic rings. The highest BCUT2D eigenvalue weighted by Gasteiger charge is 2.05. The molecule has 0 aliphatic rings. The van der Waals surface area contributed by atoms with Crippen LogP contribution >= 0.6 is 15.9 Å². The number of anilines is 1. The molecule has 3 nitrogen and oxygen atoms in total. The van der Waals surface area contributed by atoms with Gasteiger partial charge in [0.25, 0.3) is 0 Å². The van der Waals surface area contributed by atoms with Gasteiger partial charge < -0.3 is 10.6 Å². The highest BCUT2D eigenvalue weighted by molar-refractivity contribution is 9.10. The van der Waals surface area contributed by atoms with Crippen molar-refractivity contribution in [2.24, 2.45) is 0 Å². The van der Waals surface area contributed by atoms with Gasteiger partial charge >= 0.3 is 0 Å². The van der Waals surface area contributed by atoms with Gasteiger partial charge in [-0.1, -0.05) is 0 Å². The van der Waals surface area contributed by atoms with Gasteiger partial charge in [-0.2, -0.15) is 0 Å². The summed E-state index contributed by atoms with van der Waals surface area (Å²) in [7, 11) is 1.78. The van der Waals surface area contributed by atoms with Crippen LogP contribution in [0.4, 0.5) is 10.1 Å². The van der Waals surface area contributed by atoms with Crippen molar-refractivity contribution in [1.82, 2.24) is 5.32 Å². The summed E-state index contributed by atoms with van der Waals surface area (Å²) in [6.07, 6.45) is 0.389. The van der Waals surface area contributed by atoms with Gasteiger partial charge in [0.1, 0.15) is 5.82 Å². The zero-order valence-electron chi connectivity index (χ0n) is 8.31. The molecule has 0 saturated heterocycles. The minimum absolute atomic E-state index is 0.100. The van der Waals surface area contributed by atoms with E-state index >= 15 is 0 Å². The van der Waals surface area contributed by atoms with Gasteiger partial charge in [-0.3, -0.25) is 4.79 Å². The Hall–Kier alpha value is -0.940. The van der Waals surface area contributed by atoms with Crippen LogP contribution in [-0.2, 0) is 4.79 Å². The Bertz CT molecular complexity index is 357. The Morgan fingerprint density at radius 3 is 2.87 bits per heavy atom. The van der Waals surface area contributed by atoms with Crippen molar-refractivity contribution in [2.75, 3.05) is 18.9 Å². The Labute approximate surface area is 96.2 Å². The highest BCUT2D eigenvalue weighted by Crippen LogP contribution is 2.22. The number of carbonyl (C=O) groups excluding carboxylic acids is 1. The third-order valence-electron chi connectivity index (χ3n) is 1.81. The lowest BCUT2D eigenvalue weighted by Gasteiger charge is -2.06. The molecule has 0 aromatic heterocycles. The van der Waals surface area contributed by atoms with E-state index in [9.17, 15) is 9.18 Å². The Balaban J connectivity index is 2.60. The SMILES string of the molecule is CNCCC(=O)Nc1ccc(F)cc1Br.